The van der Waals surface area contributed by atoms with Crippen LogP contribution in [0.4, 0.5) is 23.2 Å². The summed E-state index contributed by atoms with van der Waals surface area (Å²) in [6.45, 7) is 2.16. The van der Waals surface area contributed by atoms with E-state index in [1.807, 2.05) is 0 Å². The van der Waals surface area contributed by atoms with Crippen molar-refractivity contribution < 1.29 is 45.0 Å². The predicted octanol–water partition coefficient (Wildman–Crippen LogP) is 5.87. The minimum atomic E-state index is -5.60. The zero-order chi connectivity index (χ0) is 31.1. The lowest BCUT2D eigenvalue weighted by atomic mass is 9.83. The van der Waals surface area contributed by atoms with E-state index in [2.05, 4.69) is 17.6 Å². The highest BCUT2D eigenvalue weighted by Gasteiger charge is 2.52. The second kappa shape index (κ2) is 12.0. The summed E-state index contributed by atoms with van der Waals surface area (Å²) in [5, 5.41) is 5.47. The first-order chi connectivity index (χ1) is 20.3. The number of alkyl halides is 3. The number of carbonyl (C=O) groups is 2. The number of carbonyl (C=O) groups excluding carboxylic acids is 2. The molecule has 0 radical (unpaired) electrons. The summed E-state index contributed by atoms with van der Waals surface area (Å²) in [7, 11) is -4.29. The number of ether oxygens (including phenoxy) is 2. The molecular weight excluding hydrogens is 592 g/mol. The second-order valence-electron chi connectivity index (χ2n) is 11.8. The molecule has 3 fully saturated rings. The maximum Gasteiger partial charge on any atom is 0.501 e. The van der Waals surface area contributed by atoms with Gasteiger partial charge in [0.25, 0.3) is 15.7 Å². The van der Waals surface area contributed by atoms with Gasteiger partial charge in [0.1, 0.15) is 5.75 Å². The minimum Gasteiger partial charge on any atom is -0.496 e. The Kier molecular flexibility index (Phi) is 8.65. The Labute approximate surface area is 247 Å². The number of amides is 2. The van der Waals surface area contributed by atoms with Gasteiger partial charge in [-0.05, 0) is 87.0 Å². The van der Waals surface area contributed by atoms with Gasteiger partial charge >= 0.3 is 5.51 Å². The van der Waals surface area contributed by atoms with Crippen molar-refractivity contribution in [3.63, 3.8) is 0 Å². The topological polar surface area (TPSA) is 111 Å². The highest BCUT2D eigenvalue weighted by atomic mass is 32.2. The zero-order valence-electron chi connectivity index (χ0n) is 23.7. The number of benzene rings is 2. The third-order valence-corrected chi connectivity index (χ3v) is 10.5. The number of hydrogen-bond acceptors (Lipinski definition) is 6. The van der Waals surface area contributed by atoms with Crippen LogP contribution in [0, 0.1) is 29.5 Å². The van der Waals surface area contributed by atoms with Gasteiger partial charge in [0.15, 0.2) is 11.6 Å². The molecular formula is C30H34F4N2O6S. The highest BCUT2D eigenvalue weighted by molar-refractivity contribution is 7.92. The molecule has 2 aromatic carbocycles. The molecule has 3 aliphatic rings. The molecule has 1 unspecified atom stereocenters. The molecule has 2 bridgehead atoms. The van der Waals surface area contributed by atoms with E-state index in [1.165, 1.54) is 19.2 Å². The third kappa shape index (κ3) is 6.32. The number of nitrogens with one attached hydrogen (secondary N) is 2. The molecule has 0 heterocycles. The molecule has 0 aromatic heterocycles. The maximum absolute atomic E-state index is 14.9. The van der Waals surface area contributed by atoms with Crippen LogP contribution in [0.15, 0.2) is 41.3 Å². The number of anilines is 1. The number of sulfone groups is 1. The summed E-state index contributed by atoms with van der Waals surface area (Å²) in [4.78, 5) is 26.0. The van der Waals surface area contributed by atoms with Gasteiger partial charge in [-0.2, -0.15) is 13.2 Å². The molecule has 8 nitrogen and oxygen atoms in total. The van der Waals surface area contributed by atoms with Crippen molar-refractivity contribution in [1.82, 2.24) is 5.32 Å². The van der Waals surface area contributed by atoms with Gasteiger partial charge in [-0.3, -0.25) is 9.59 Å². The lowest BCUT2D eigenvalue weighted by Gasteiger charge is -2.31. The third-order valence-electron chi connectivity index (χ3n) is 8.99. The molecule has 0 saturated heterocycles. The molecule has 234 valence electrons. The lowest BCUT2D eigenvalue weighted by Crippen LogP contribution is -2.48. The van der Waals surface area contributed by atoms with E-state index < -0.39 is 49.8 Å². The summed E-state index contributed by atoms with van der Waals surface area (Å²) in [5.41, 5.74) is -5.55. The predicted molar refractivity (Wildman–Crippen MR) is 149 cm³/mol. The Morgan fingerprint density at radius 1 is 0.953 bits per heavy atom. The standard InChI is InChI=1S/C30H34F4N2O6S/c1-16-6-10-20(11-7-16)42-25-14-22(24(41-2)15-23(25)31)28(37)36-27-18-9-8-17(12-18)26(27)29(38)35-19-4-3-5-21(13-19)43(39,40)30(32,33)34/h3-5,13-18,20,26-27H,6-12H2,1-2H3,(H,35,38)(H,36,37)/t16?,17-,18+,20?,26+,27?/m1/s1. The van der Waals surface area contributed by atoms with Crippen molar-refractivity contribution in [2.24, 2.45) is 23.7 Å². The van der Waals surface area contributed by atoms with Crippen LogP contribution >= 0.6 is 0 Å². The van der Waals surface area contributed by atoms with E-state index in [0.29, 0.717) is 12.3 Å². The minimum absolute atomic E-state index is 0.00598. The molecule has 2 aromatic rings. The Morgan fingerprint density at radius 2 is 1.65 bits per heavy atom. The fourth-order valence-corrected chi connectivity index (χ4v) is 7.51. The molecule has 0 aliphatic heterocycles. The highest BCUT2D eigenvalue weighted by Crippen LogP contribution is 2.49. The number of fused-ring (bicyclic) bond motifs is 2. The van der Waals surface area contributed by atoms with Crippen LogP contribution in [-0.4, -0.2) is 45.0 Å². The van der Waals surface area contributed by atoms with Crippen LogP contribution in [0.5, 0.6) is 11.5 Å². The van der Waals surface area contributed by atoms with Gasteiger partial charge in [-0.1, -0.05) is 13.0 Å². The number of hydrogen-bond donors (Lipinski definition) is 2. The fourth-order valence-electron chi connectivity index (χ4n) is 6.70. The molecule has 13 heteroatoms. The normalized spacial score (nSPS) is 27.0. The van der Waals surface area contributed by atoms with Crippen molar-refractivity contribution in [2.45, 2.75) is 74.4 Å². The number of rotatable bonds is 8. The summed E-state index contributed by atoms with van der Waals surface area (Å²) < 4.78 is 89.0. The second-order valence-corrected chi connectivity index (χ2v) is 13.7. The fraction of sp³-hybridized carbons (Fsp3) is 0.533. The summed E-state index contributed by atoms with van der Waals surface area (Å²) >= 11 is 0. The van der Waals surface area contributed by atoms with Crippen LogP contribution in [0.2, 0.25) is 0 Å². The van der Waals surface area contributed by atoms with Gasteiger partial charge in [0, 0.05) is 17.8 Å². The lowest BCUT2D eigenvalue weighted by molar-refractivity contribution is -0.122. The first-order valence-electron chi connectivity index (χ1n) is 14.4. The van der Waals surface area contributed by atoms with E-state index in [1.54, 1.807) is 0 Å². The Hall–Kier alpha value is -3.35. The van der Waals surface area contributed by atoms with Crippen molar-refractivity contribution in [1.29, 1.82) is 0 Å². The molecule has 4 atom stereocenters. The quantitative estimate of drug-likeness (QED) is 0.355. The summed E-state index contributed by atoms with van der Waals surface area (Å²) in [5.74, 6) is -2.06. The average molecular weight is 627 g/mol. The molecule has 43 heavy (non-hydrogen) atoms. The van der Waals surface area contributed by atoms with Gasteiger partial charge in [0.2, 0.25) is 5.91 Å². The van der Waals surface area contributed by atoms with Gasteiger partial charge < -0.3 is 20.1 Å². The maximum atomic E-state index is 14.9. The number of halogens is 4. The summed E-state index contributed by atoms with van der Waals surface area (Å²) in [6, 6.07) is 5.79. The van der Waals surface area contributed by atoms with Crippen LogP contribution in [0.3, 0.4) is 0 Å². The van der Waals surface area contributed by atoms with Crippen molar-refractivity contribution in [2.75, 3.05) is 12.4 Å². The Morgan fingerprint density at radius 3 is 2.33 bits per heavy atom. The molecule has 0 spiro atoms. The van der Waals surface area contributed by atoms with Crippen molar-refractivity contribution >= 4 is 27.3 Å². The van der Waals surface area contributed by atoms with Crippen molar-refractivity contribution in [3.8, 4) is 11.5 Å². The van der Waals surface area contributed by atoms with Gasteiger partial charge in [0.05, 0.1) is 29.6 Å². The molecule has 5 rings (SSSR count). The van der Waals surface area contributed by atoms with Crippen LogP contribution in [0.25, 0.3) is 0 Å². The van der Waals surface area contributed by atoms with Crippen LogP contribution in [-0.2, 0) is 14.6 Å². The SMILES string of the molecule is COc1cc(F)c(OC2CCC(C)CC2)cc1C(=O)NC1[C@H]2CC[C@H](C2)[C@@H]1C(=O)Nc1cccc(S(=O)(=O)C(F)(F)F)c1. The molecule has 2 N–H and O–H groups in total. The Bertz CT molecular complexity index is 1490. The van der Waals surface area contributed by atoms with Gasteiger partial charge in [-0.15, -0.1) is 0 Å². The Balaban J connectivity index is 1.34. The average Bonchev–Trinajstić information content (AvgIpc) is 3.56. The molecule has 2 amide bonds. The smallest absolute Gasteiger partial charge is 0.496 e. The van der Waals surface area contributed by atoms with Crippen LogP contribution < -0.4 is 20.1 Å². The van der Waals surface area contributed by atoms with E-state index in [-0.39, 0.29) is 40.7 Å². The van der Waals surface area contributed by atoms with Crippen molar-refractivity contribution in [3.05, 3.63) is 47.8 Å². The van der Waals surface area contributed by atoms with E-state index >= 15 is 0 Å². The monoisotopic (exact) mass is 626 g/mol. The van der Waals surface area contributed by atoms with Crippen LogP contribution in [0.1, 0.15) is 62.2 Å². The summed E-state index contributed by atoms with van der Waals surface area (Å²) in [6.07, 6.45) is 5.49. The van der Waals surface area contributed by atoms with E-state index in [4.69, 9.17) is 9.47 Å². The first kappa shape index (κ1) is 31.1. The first-order valence-corrected chi connectivity index (χ1v) is 15.8. The van der Waals surface area contributed by atoms with Gasteiger partial charge in [-0.25, -0.2) is 12.8 Å². The zero-order valence-corrected chi connectivity index (χ0v) is 24.6. The largest absolute Gasteiger partial charge is 0.501 e. The molecule has 3 aliphatic carbocycles. The number of methoxy groups -OCH3 is 1. The molecule has 3 saturated carbocycles. The van der Waals surface area contributed by atoms with E-state index in [0.717, 1.165) is 62.8 Å². The van der Waals surface area contributed by atoms with E-state index in [9.17, 15) is 35.6 Å².